The molecule has 2 rings (SSSR count). The number of rotatable bonds is 3. The van der Waals surface area contributed by atoms with Crippen LogP contribution in [0.4, 0.5) is 5.82 Å². The smallest absolute Gasteiger partial charge is 0.128 e. The van der Waals surface area contributed by atoms with E-state index in [1.54, 1.807) is 7.11 Å². The number of H-pyrrole nitrogens is 1. The molecule has 0 aliphatic heterocycles. The largest absolute Gasteiger partial charge is 0.496 e. The van der Waals surface area contributed by atoms with Gasteiger partial charge in [0.05, 0.1) is 13.3 Å². The summed E-state index contributed by atoms with van der Waals surface area (Å²) in [4.78, 5) is 0. The summed E-state index contributed by atoms with van der Waals surface area (Å²) in [6.45, 7) is 3.96. The molecule has 5 nitrogen and oxygen atoms in total. The number of nitrogens with zero attached hydrogens (tertiary/aromatic N) is 1. The van der Waals surface area contributed by atoms with Gasteiger partial charge in [0.25, 0.3) is 0 Å². The van der Waals surface area contributed by atoms with E-state index in [1.165, 1.54) is 6.20 Å². The number of nitrogens with two attached hydrogens (primary N) is 1. The number of nitrogen functional groups attached to an aromatic ring is 1. The summed E-state index contributed by atoms with van der Waals surface area (Å²) >= 11 is 0. The molecule has 1 heterocycles. The van der Waals surface area contributed by atoms with E-state index in [9.17, 15) is 5.11 Å². The molecule has 0 bridgehead atoms. The molecule has 0 fully saturated rings. The van der Waals surface area contributed by atoms with Crippen molar-refractivity contribution in [3.05, 3.63) is 40.6 Å². The average Bonchev–Trinajstić information content (AvgIpc) is 2.78. The first kappa shape index (κ1) is 12.4. The number of anilines is 1. The monoisotopic (exact) mass is 247 g/mol. The fourth-order valence-electron chi connectivity index (χ4n) is 1.99. The van der Waals surface area contributed by atoms with E-state index in [0.29, 0.717) is 22.7 Å². The van der Waals surface area contributed by atoms with Crippen LogP contribution in [0.2, 0.25) is 0 Å². The zero-order chi connectivity index (χ0) is 13.3. The van der Waals surface area contributed by atoms with Crippen molar-refractivity contribution < 1.29 is 9.84 Å². The van der Waals surface area contributed by atoms with Crippen molar-refractivity contribution in [2.24, 2.45) is 0 Å². The molecule has 4 N–H and O–H groups in total. The van der Waals surface area contributed by atoms with Crippen LogP contribution in [0.5, 0.6) is 5.75 Å². The molecule has 1 unspecified atom stereocenters. The van der Waals surface area contributed by atoms with Crippen molar-refractivity contribution >= 4 is 5.82 Å². The maximum Gasteiger partial charge on any atom is 0.128 e. The summed E-state index contributed by atoms with van der Waals surface area (Å²) in [7, 11) is 1.59. The number of methoxy groups -OCH3 is 1. The molecule has 96 valence electrons. The predicted octanol–water partition coefficient (Wildman–Crippen LogP) is 1.70. The number of ether oxygens (including phenoxy) is 1. The highest BCUT2D eigenvalue weighted by atomic mass is 16.5. The highest BCUT2D eigenvalue weighted by Gasteiger charge is 2.20. The minimum Gasteiger partial charge on any atom is -0.496 e. The Morgan fingerprint density at radius 2 is 2.06 bits per heavy atom. The lowest BCUT2D eigenvalue weighted by molar-refractivity contribution is 0.215. The first-order chi connectivity index (χ1) is 8.56. The second-order valence-electron chi connectivity index (χ2n) is 4.27. The van der Waals surface area contributed by atoms with Gasteiger partial charge in [-0.05, 0) is 25.0 Å². The van der Waals surface area contributed by atoms with Crippen molar-refractivity contribution in [3.63, 3.8) is 0 Å². The Balaban J connectivity index is 2.52. The fourth-order valence-corrected chi connectivity index (χ4v) is 1.99. The Hall–Kier alpha value is -2.01. The van der Waals surface area contributed by atoms with E-state index in [1.807, 2.05) is 26.0 Å². The van der Waals surface area contributed by atoms with E-state index in [2.05, 4.69) is 10.2 Å². The van der Waals surface area contributed by atoms with Crippen LogP contribution in [0.1, 0.15) is 28.4 Å². The summed E-state index contributed by atoms with van der Waals surface area (Å²) < 4.78 is 5.38. The van der Waals surface area contributed by atoms with Gasteiger partial charge in [0.15, 0.2) is 0 Å². The maximum absolute atomic E-state index is 10.4. The van der Waals surface area contributed by atoms with Gasteiger partial charge in [-0.2, -0.15) is 5.10 Å². The molecule has 0 radical (unpaired) electrons. The van der Waals surface area contributed by atoms with Gasteiger partial charge in [0.2, 0.25) is 0 Å². The second kappa shape index (κ2) is 4.70. The average molecular weight is 247 g/mol. The molecule has 0 saturated carbocycles. The van der Waals surface area contributed by atoms with Gasteiger partial charge in [-0.15, -0.1) is 0 Å². The molecule has 0 spiro atoms. The van der Waals surface area contributed by atoms with E-state index in [4.69, 9.17) is 10.5 Å². The van der Waals surface area contributed by atoms with Crippen molar-refractivity contribution in [1.82, 2.24) is 10.2 Å². The van der Waals surface area contributed by atoms with Gasteiger partial charge >= 0.3 is 0 Å². The van der Waals surface area contributed by atoms with Crippen LogP contribution in [0.3, 0.4) is 0 Å². The SMILES string of the molecule is COc1c(C(O)c2cn[nH]c2N)ccc(C)c1C. The van der Waals surface area contributed by atoms with Crippen molar-refractivity contribution in [1.29, 1.82) is 0 Å². The zero-order valence-electron chi connectivity index (χ0n) is 10.7. The van der Waals surface area contributed by atoms with Gasteiger partial charge in [-0.3, -0.25) is 5.10 Å². The summed E-state index contributed by atoms with van der Waals surface area (Å²) in [5, 5.41) is 16.8. The summed E-state index contributed by atoms with van der Waals surface area (Å²) in [5.74, 6) is 1.05. The van der Waals surface area contributed by atoms with E-state index in [-0.39, 0.29) is 0 Å². The highest BCUT2D eigenvalue weighted by Crippen LogP contribution is 2.35. The first-order valence-electron chi connectivity index (χ1n) is 5.67. The number of aryl methyl sites for hydroxylation is 1. The van der Waals surface area contributed by atoms with Crippen LogP contribution in [-0.2, 0) is 0 Å². The van der Waals surface area contributed by atoms with Crippen molar-refractivity contribution in [2.45, 2.75) is 20.0 Å². The van der Waals surface area contributed by atoms with Gasteiger partial charge in [0.1, 0.15) is 17.7 Å². The molecule has 18 heavy (non-hydrogen) atoms. The topological polar surface area (TPSA) is 84.2 Å². The first-order valence-corrected chi connectivity index (χ1v) is 5.67. The normalized spacial score (nSPS) is 12.4. The van der Waals surface area contributed by atoms with Crippen LogP contribution in [0.15, 0.2) is 18.3 Å². The number of aromatic nitrogens is 2. The predicted molar refractivity (Wildman–Crippen MR) is 69.5 cm³/mol. The third-order valence-corrected chi connectivity index (χ3v) is 3.20. The Kier molecular flexibility index (Phi) is 3.25. The molecule has 0 saturated heterocycles. The fraction of sp³-hybridized carbons (Fsp3) is 0.308. The van der Waals surface area contributed by atoms with Crippen LogP contribution in [0.25, 0.3) is 0 Å². The number of aliphatic hydroxyl groups is 1. The highest BCUT2D eigenvalue weighted by molar-refractivity contribution is 5.51. The molecule has 0 amide bonds. The summed E-state index contributed by atoms with van der Waals surface area (Å²) in [6.07, 6.45) is 0.673. The number of hydrogen-bond acceptors (Lipinski definition) is 4. The maximum atomic E-state index is 10.4. The number of benzene rings is 1. The molecule has 1 aromatic carbocycles. The minimum absolute atomic E-state index is 0.364. The number of aliphatic hydroxyl groups excluding tert-OH is 1. The van der Waals surface area contributed by atoms with Crippen molar-refractivity contribution in [2.75, 3.05) is 12.8 Å². The standard InChI is InChI=1S/C13H17N3O2/c1-7-4-5-9(12(18-3)8(7)2)11(17)10-6-15-16-13(10)14/h4-6,11,17H,1-3H3,(H3,14,15,16). The van der Waals surface area contributed by atoms with Crippen LogP contribution in [-0.4, -0.2) is 22.4 Å². The van der Waals surface area contributed by atoms with Crippen molar-refractivity contribution in [3.8, 4) is 5.75 Å². The summed E-state index contributed by atoms with van der Waals surface area (Å²) in [5.41, 5.74) is 9.08. The molecule has 2 aromatic rings. The molecule has 5 heteroatoms. The van der Waals surface area contributed by atoms with Gasteiger partial charge in [-0.1, -0.05) is 12.1 Å². The number of nitrogens with one attached hydrogen (secondary N) is 1. The van der Waals surface area contributed by atoms with Crippen LogP contribution < -0.4 is 10.5 Å². The zero-order valence-corrected chi connectivity index (χ0v) is 10.7. The Bertz CT molecular complexity index is 563. The van der Waals surface area contributed by atoms with Crippen LogP contribution >= 0.6 is 0 Å². The summed E-state index contributed by atoms with van der Waals surface area (Å²) in [6, 6.07) is 3.80. The Morgan fingerprint density at radius 3 is 2.61 bits per heavy atom. The Labute approximate surface area is 106 Å². The molecular weight excluding hydrogens is 230 g/mol. The van der Waals surface area contributed by atoms with Crippen LogP contribution in [0, 0.1) is 13.8 Å². The number of aromatic amines is 1. The number of hydrogen-bond donors (Lipinski definition) is 3. The minimum atomic E-state index is -0.849. The van der Waals surface area contributed by atoms with Gasteiger partial charge in [0, 0.05) is 11.1 Å². The lowest BCUT2D eigenvalue weighted by atomic mass is 9.97. The van der Waals surface area contributed by atoms with E-state index >= 15 is 0 Å². The van der Waals surface area contributed by atoms with E-state index < -0.39 is 6.10 Å². The lowest BCUT2D eigenvalue weighted by Crippen LogP contribution is -2.06. The lowest BCUT2D eigenvalue weighted by Gasteiger charge is -2.17. The molecule has 0 aliphatic carbocycles. The third-order valence-electron chi connectivity index (χ3n) is 3.20. The van der Waals surface area contributed by atoms with Gasteiger partial charge in [-0.25, -0.2) is 0 Å². The Morgan fingerprint density at radius 1 is 1.33 bits per heavy atom. The molecule has 0 aliphatic rings. The van der Waals surface area contributed by atoms with E-state index in [0.717, 1.165) is 11.1 Å². The quantitative estimate of drug-likeness (QED) is 0.770. The third kappa shape index (κ3) is 1.93. The molecule has 1 aromatic heterocycles. The second-order valence-corrected chi connectivity index (χ2v) is 4.27. The molecule has 1 atom stereocenters. The van der Waals surface area contributed by atoms with Gasteiger partial charge < -0.3 is 15.6 Å². The molecular formula is C13H17N3O2.